The van der Waals surface area contributed by atoms with Crippen molar-refractivity contribution in [2.75, 3.05) is 0 Å². The molecule has 0 aliphatic heterocycles. The van der Waals surface area contributed by atoms with Gasteiger partial charge in [0.05, 0.1) is 17.6 Å². The number of H-pyrrole nitrogens is 1. The van der Waals surface area contributed by atoms with Crippen LogP contribution >= 0.6 is 0 Å². The molecule has 1 heterocycles. The van der Waals surface area contributed by atoms with Gasteiger partial charge in [-0.3, -0.25) is 0 Å². The first-order chi connectivity index (χ1) is 8.83. The molecule has 1 aliphatic carbocycles. The molecule has 2 unspecified atom stereocenters. The van der Waals surface area contributed by atoms with Crippen molar-refractivity contribution in [2.45, 2.75) is 45.2 Å². The Hall–Kier alpha value is -1.35. The van der Waals surface area contributed by atoms with Crippen LogP contribution in [0.4, 0.5) is 0 Å². The fourth-order valence-corrected chi connectivity index (χ4v) is 2.94. The molecule has 18 heavy (non-hydrogen) atoms. The molecule has 3 rings (SSSR count). The summed E-state index contributed by atoms with van der Waals surface area (Å²) < 4.78 is 0. The minimum absolute atomic E-state index is 0.659. The minimum atomic E-state index is 0.659. The van der Waals surface area contributed by atoms with Crippen molar-refractivity contribution in [3.63, 3.8) is 0 Å². The smallest absolute Gasteiger partial charge is 0.121 e. The number of nitrogens with one attached hydrogen (secondary N) is 2. The fraction of sp³-hybridized carbons (Fsp3) is 0.533. The summed E-state index contributed by atoms with van der Waals surface area (Å²) in [5.41, 5.74) is 2.19. The highest BCUT2D eigenvalue weighted by Gasteiger charge is 2.20. The summed E-state index contributed by atoms with van der Waals surface area (Å²) in [5.74, 6) is 1.84. The third-order valence-corrected chi connectivity index (χ3v) is 4.08. The molecular weight excluding hydrogens is 222 g/mol. The van der Waals surface area contributed by atoms with Crippen LogP contribution in [-0.2, 0) is 6.54 Å². The topological polar surface area (TPSA) is 40.7 Å². The Kier molecular flexibility index (Phi) is 3.33. The number of aromatic amines is 1. The molecule has 3 nitrogen and oxygen atoms in total. The van der Waals surface area contributed by atoms with Gasteiger partial charge >= 0.3 is 0 Å². The molecule has 1 saturated carbocycles. The van der Waals surface area contributed by atoms with Crippen LogP contribution in [0.15, 0.2) is 24.3 Å². The highest BCUT2D eigenvalue weighted by atomic mass is 15.0. The van der Waals surface area contributed by atoms with Gasteiger partial charge in [-0.25, -0.2) is 4.98 Å². The molecule has 1 fully saturated rings. The lowest BCUT2D eigenvalue weighted by Crippen LogP contribution is -2.36. The van der Waals surface area contributed by atoms with Gasteiger partial charge in [0.2, 0.25) is 0 Å². The summed E-state index contributed by atoms with van der Waals surface area (Å²) in [7, 11) is 0. The van der Waals surface area contributed by atoms with Gasteiger partial charge in [-0.05, 0) is 30.9 Å². The van der Waals surface area contributed by atoms with E-state index in [1.807, 2.05) is 12.1 Å². The molecule has 96 valence electrons. The van der Waals surface area contributed by atoms with Gasteiger partial charge in [-0.2, -0.15) is 0 Å². The van der Waals surface area contributed by atoms with Crippen molar-refractivity contribution in [1.29, 1.82) is 0 Å². The van der Waals surface area contributed by atoms with Crippen molar-refractivity contribution < 1.29 is 0 Å². The number of nitrogens with zero attached hydrogens (tertiary/aromatic N) is 1. The lowest BCUT2D eigenvalue weighted by Gasteiger charge is -2.29. The van der Waals surface area contributed by atoms with Crippen molar-refractivity contribution in [1.82, 2.24) is 15.3 Å². The number of fused-ring (bicyclic) bond motifs is 1. The van der Waals surface area contributed by atoms with Gasteiger partial charge in [0, 0.05) is 6.04 Å². The maximum absolute atomic E-state index is 4.60. The normalized spacial score (nSPS) is 24.5. The Morgan fingerprint density at radius 2 is 2.11 bits per heavy atom. The number of imidazole rings is 1. The zero-order chi connectivity index (χ0) is 12.4. The van der Waals surface area contributed by atoms with Crippen LogP contribution in [0.3, 0.4) is 0 Å². The van der Waals surface area contributed by atoms with Crippen LogP contribution in [0, 0.1) is 5.92 Å². The molecule has 2 atom stereocenters. The third kappa shape index (κ3) is 2.41. The Balaban J connectivity index is 1.65. The van der Waals surface area contributed by atoms with Crippen LogP contribution < -0.4 is 5.32 Å². The molecule has 0 bridgehead atoms. The Morgan fingerprint density at radius 3 is 2.94 bits per heavy atom. The lowest BCUT2D eigenvalue weighted by molar-refractivity contribution is 0.278. The van der Waals surface area contributed by atoms with Gasteiger partial charge in [0.25, 0.3) is 0 Å². The highest BCUT2D eigenvalue weighted by molar-refractivity contribution is 5.74. The first-order valence-electron chi connectivity index (χ1n) is 7.00. The van der Waals surface area contributed by atoms with Crippen LogP contribution in [0.25, 0.3) is 11.0 Å². The molecular formula is C15H21N3. The molecule has 3 heteroatoms. The lowest BCUT2D eigenvalue weighted by atomic mass is 9.86. The van der Waals surface area contributed by atoms with Crippen molar-refractivity contribution in [3.8, 4) is 0 Å². The Bertz CT molecular complexity index is 484. The summed E-state index contributed by atoms with van der Waals surface area (Å²) in [6, 6.07) is 8.87. The first-order valence-corrected chi connectivity index (χ1v) is 7.00. The summed E-state index contributed by atoms with van der Waals surface area (Å²) >= 11 is 0. The zero-order valence-corrected chi connectivity index (χ0v) is 10.9. The van der Waals surface area contributed by atoms with Crippen molar-refractivity contribution >= 4 is 11.0 Å². The number of hydrogen-bond acceptors (Lipinski definition) is 2. The van der Waals surface area contributed by atoms with Crippen LogP contribution in [0.1, 0.15) is 38.4 Å². The first kappa shape index (κ1) is 11.7. The van der Waals surface area contributed by atoms with Gasteiger partial charge < -0.3 is 10.3 Å². The van der Waals surface area contributed by atoms with E-state index in [1.165, 1.54) is 25.7 Å². The second-order valence-electron chi connectivity index (χ2n) is 5.45. The van der Waals surface area contributed by atoms with Gasteiger partial charge in [-0.15, -0.1) is 0 Å². The molecule has 0 radical (unpaired) electrons. The van der Waals surface area contributed by atoms with Crippen molar-refractivity contribution in [3.05, 3.63) is 30.1 Å². The largest absolute Gasteiger partial charge is 0.341 e. The predicted molar refractivity (Wildman–Crippen MR) is 74.4 cm³/mol. The Morgan fingerprint density at radius 1 is 1.28 bits per heavy atom. The maximum atomic E-state index is 4.60. The zero-order valence-electron chi connectivity index (χ0n) is 10.9. The van der Waals surface area contributed by atoms with Crippen LogP contribution in [-0.4, -0.2) is 16.0 Å². The minimum Gasteiger partial charge on any atom is -0.341 e. The summed E-state index contributed by atoms with van der Waals surface area (Å²) in [6.45, 7) is 3.21. The molecule has 1 aromatic heterocycles. The van der Waals surface area contributed by atoms with Crippen molar-refractivity contribution in [2.24, 2.45) is 5.92 Å². The number of hydrogen-bond donors (Lipinski definition) is 2. The highest BCUT2D eigenvalue weighted by Crippen LogP contribution is 2.23. The number of aromatic nitrogens is 2. The van der Waals surface area contributed by atoms with E-state index >= 15 is 0 Å². The standard InChI is InChI=1S/C15H21N3/c1-11-6-2-3-7-12(11)16-10-15-17-13-8-4-5-9-14(13)18-15/h4-5,8-9,11-12,16H,2-3,6-7,10H2,1H3,(H,17,18). The van der Waals surface area contributed by atoms with E-state index in [0.717, 1.165) is 29.3 Å². The van der Waals surface area contributed by atoms with Crippen LogP contribution in [0.2, 0.25) is 0 Å². The monoisotopic (exact) mass is 243 g/mol. The van der Waals surface area contributed by atoms with E-state index in [1.54, 1.807) is 0 Å². The van der Waals surface area contributed by atoms with Gasteiger partial charge in [-0.1, -0.05) is 31.9 Å². The average Bonchev–Trinajstić information content (AvgIpc) is 2.80. The predicted octanol–water partition coefficient (Wildman–Crippen LogP) is 3.23. The maximum Gasteiger partial charge on any atom is 0.121 e. The van der Waals surface area contributed by atoms with E-state index in [2.05, 4.69) is 34.3 Å². The summed E-state index contributed by atoms with van der Waals surface area (Å²) in [5, 5.41) is 3.65. The molecule has 0 spiro atoms. The van der Waals surface area contributed by atoms with Gasteiger partial charge in [0.1, 0.15) is 5.82 Å². The Labute approximate surface area is 108 Å². The molecule has 2 aromatic rings. The molecule has 1 aliphatic rings. The quantitative estimate of drug-likeness (QED) is 0.869. The second kappa shape index (κ2) is 5.11. The van der Waals surface area contributed by atoms with Crippen LogP contribution in [0.5, 0.6) is 0 Å². The molecule has 0 amide bonds. The van der Waals surface area contributed by atoms with Gasteiger partial charge in [0.15, 0.2) is 0 Å². The van der Waals surface area contributed by atoms with E-state index in [-0.39, 0.29) is 0 Å². The third-order valence-electron chi connectivity index (χ3n) is 4.08. The average molecular weight is 243 g/mol. The molecule has 0 saturated heterocycles. The number of para-hydroxylation sites is 2. The summed E-state index contributed by atoms with van der Waals surface area (Å²) in [4.78, 5) is 7.98. The van der Waals surface area contributed by atoms with E-state index in [4.69, 9.17) is 0 Å². The molecule has 1 aromatic carbocycles. The van der Waals surface area contributed by atoms with E-state index in [9.17, 15) is 0 Å². The summed E-state index contributed by atoms with van der Waals surface area (Å²) in [6.07, 6.45) is 5.42. The fourth-order valence-electron chi connectivity index (χ4n) is 2.94. The second-order valence-corrected chi connectivity index (χ2v) is 5.45. The van der Waals surface area contributed by atoms with E-state index < -0.39 is 0 Å². The molecule has 2 N–H and O–H groups in total. The van der Waals surface area contributed by atoms with E-state index in [0.29, 0.717) is 6.04 Å². The SMILES string of the molecule is CC1CCCCC1NCc1nc2ccccc2[nH]1. The number of rotatable bonds is 3. The number of benzene rings is 1.